The summed E-state index contributed by atoms with van der Waals surface area (Å²) in [5, 5.41) is 0. The molecule has 6 nitrogen and oxygen atoms in total. The van der Waals surface area contributed by atoms with Gasteiger partial charge >= 0.3 is 41.5 Å². The Bertz CT molecular complexity index is 56.0. The Hall–Kier alpha value is 1.69. The van der Waals surface area contributed by atoms with Gasteiger partial charge in [0.25, 0.3) is 0 Å². The molecule has 0 spiro atoms. The molecule has 10 heteroatoms. The van der Waals surface area contributed by atoms with E-state index in [1.54, 1.807) is 0 Å². The quantitative estimate of drug-likeness (QED) is 0.213. The van der Waals surface area contributed by atoms with Gasteiger partial charge in [0.05, 0.1) is 0 Å². The molecule has 0 aromatic heterocycles. The number of nitrogens with one attached hydrogen (secondary N) is 2. The zero-order valence-corrected chi connectivity index (χ0v) is 14.8. The van der Waals surface area contributed by atoms with E-state index in [9.17, 15) is 0 Å². The van der Waals surface area contributed by atoms with Crippen molar-refractivity contribution in [3.63, 3.8) is 0 Å². The third kappa shape index (κ3) is 75.6. The third-order valence-corrected chi connectivity index (χ3v) is 1.10. The van der Waals surface area contributed by atoms with Crippen LogP contribution in [-0.4, -0.2) is 13.1 Å². The number of unbranched alkanes of at least 4 members (excludes halogenated alkanes) is 3. The molecule has 0 unspecified atom stereocenters. The van der Waals surface area contributed by atoms with Crippen molar-refractivity contribution in [1.82, 2.24) is 24.6 Å². The van der Waals surface area contributed by atoms with Crippen LogP contribution < -0.4 is 49.4 Å². The van der Waals surface area contributed by atoms with E-state index in [1.807, 2.05) is 0 Å². The van der Waals surface area contributed by atoms with Gasteiger partial charge in [-0.25, -0.2) is 0 Å². The summed E-state index contributed by atoms with van der Waals surface area (Å²) in [4.78, 5) is 0. The second kappa shape index (κ2) is 69.5. The zero-order valence-electron chi connectivity index (χ0n) is 9.46. The van der Waals surface area contributed by atoms with Gasteiger partial charge in [-0.05, 0) is 0 Å². The summed E-state index contributed by atoms with van der Waals surface area (Å²) >= 11 is 0. The van der Waals surface area contributed by atoms with Gasteiger partial charge in [0.2, 0.25) is 0 Å². The van der Waals surface area contributed by atoms with Gasteiger partial charge in [-0.3, -0.25) is 0 Å². The van der Waals surface area contributed by atoms with E-state index in [2.05, 4.69) is 0 Å². The Labute approximate surface area is 140 Å². The fourth-order valence-electron chi connectivity index (χ4n) is 0.604. The van der Waals surface area contributed by atoms with Crippen LogP contribution in [0.5, 0.6) is 0 Å². The van der Waals surface area contributed by atoms with Crippen LogP contribution in [0.4, 0.5) is 0 Å². The maximum absolute atomic E-state index is 6.79. The summed E-state index contributed by atoms with van der Waals surface area (Å²) in [6, 6.07) is 0. The second-order valence-electron chi connectivity index (χ2n) is 1.91. The molecule has 0 rings (SSSR count). The Kier molecular flexibility index (Phi) is 283. The minimum atomic E-state index is 0. The summed E-state index contributed by atoms with van der Waals surface area (Å²) in [5.74, 6) is 0. The summed E-state index contributed by atoms with van der Waals surface area (Å²) in [6.07, 6.45) is 4.31. The van der Waals surface area contributed by atoms with Crippen molar-refractivity contribution in [3.8, 4) is 0 Å². The molecule has 0 aliphatic rings. The molecule has 0 aromatic carbocycles. The van der Waals surface area contributed by atoms with Crippen LogP contribution in [0.2, 0.25) is 0 Å². The molecule has 0 aliphatic carbocycles. The Morgan fingerprint density at radius 1 is 0.562 bits per heavy atom. The molecule has 16 heavy (non-hydrogen) atoms. The predicted molar refractivity (Wildman–Crippen MR) is 56.9 cm³/mol. The van der Waals surface area contributed by atoms with Crippen LogP contribution in [0.25, 0.3) is 11.5 Å². The fourth-order valence-corrected chi connectivity index (χ4v) is 0.604. The van der Waals surface area contributed by atoms with Crippen LogP contribution >= 0.6 is 0 Å². The molecule has 0 radical (unpaired) electrons. The van der Waals surface area contributed by atoms with Crippen molar-refractivity contribution < 1.29 is 66.3 Å². The number of halogens is 2. The van der Waals surface area contributed by atoms with Crippen LogP contribution in [0.1, 0.15) is 25.7 Å². The average Bonchev–Trinajstić information content (AvgIpc) is 1.81. The monoisotopic (exact) mass is 553 g/mol. The normalized spacial score (nSPS) is 4.88. The first kappa shape index (κ1) is 65.3. The summed E-state index contributed by atoms with van der Waals surface area (Å²) < 4.78 is 0. The van der Waals surface area contributed by atoms with Gasteiger partial charge in [-0.2, -0.15) is 13.1 Å². The Morgan fingerprint density at radius 3 is 0.875 bits per heavy atom. The number of hydrogen-bond acceptors (Lipinski definition) is 4. The van der Waals surface area contributed by atoms with Gasteiger partial charge in [0.1, 0.15) is 0 Å². The molecular weight excluding hydrogens is 529 g/mol. The van der Waals surface area contributed by atoms with Crippen molar-refractivity contribution in [3.05, 3.63) is 11.5 Å². The van der Waals surface area contributed by atoms with Crippen molar-refractivity contribution in [2.75, 3.05) is 13.1 Å². The van der Waals surface area contributed by atoms with E-state index in [-0.39, 0.29) is 90.9 Å². The minimum absolute atomic E-state index is 0. The average molecular weight is 555 g/mol. The molecule has 0 saturated carbocycles. The van der Waals surface area contributed by atoms with E-state index in [4.69, 9.17) is 11.5 Å². The van der Waals surface area contributed by atoms with Crippen LogP contribution in [-0.2, 0) is 41.5 Å². The van der Waals surface area contributed by atoms with Gasteiger partial charge in [0.15, 0.2) is 0 Å². The molecular formula is C6H26Cl2N6PdPt. The standard InChI is InChI=1S/C6H14N2.2ClH.4H3N.Pd.Pt/c7-5-3-1-2-4-6-8;;;;;;;;/h7-8H,1-6H2;2*1H;4*1H3;;/q-2;;;;;;;2*+2/p-2. The topological polar surface area (TPSA) is 188 Å². The molecule has 0 fully saturated rings. The van der Waals surface area contributed by atoms with Crippen molar-refractivity contribution in [1.29, 1.82) is 0 Å². The summed E-state index contributed by atoms with van der Waals surface area (Å²) in [5.41, 5.74) is 13.6. The molecule has 0 aromatic rings. The molecule has 14 N–H and O–H groups in total. The fraction of sp³-hybridized carbons (Fsp3) is 1.00. The van der Waals surface area contributed by atoms with Gasteiger partial charge in [-0.15, -0.1) is 0 Å². The van der Waals surface area contributed by atoms with Crippen LogP contribution in [0.15, 0.2) is 0 Å². The number of hydrogen-bond donors (Lipinski definition) is 4. The smallest absolute Gasteiger partial charge is 1.00 e. The number of rotatable bonds is 5. The maximum atomic E-state index is 6.79. The Morgan fingerprint density at radius 2 is 0.750 bits per heavy atom. The van der Waals surface area contributed by atoms with E-state index in [1.165, 1.54) is 0 Å². The first-order chi connectivity index (χ1) is 3.91. The second-order valence-corrected chi connectivity index (χ2v) is 1.91. The van der Waals surface area contributed by atoms with Crippen LogP contribution in [0, 0.1) is 0 Å². The first-order valence-corrected chi connectivity index (χ1v) is 3.21. The SMILES string of the molecule is N.N.N.N.[Cl-].[Cl-].[NH-]CCCCCC[NH-].[Pd+2].[Pt+2]. The molecule has 0 heterocycles. The van der Waals surface area contributed by atoms with E-state index in [0.29, 0.717) is 13.1 Å². The van der Waals surface area contributed by atoms with E-state index in [0.717, 1.165) is 25.7 Å². The Balaban J connectivity index is -0.00000000875. The van der Waals surface area contributed by atoms with Gasteiger partial charge < -0.3 is 60.9 Å². The van der Waals surface area contributed by atoms with E-state index >= 15 is 0 Å². The van der Waals surface area contributed by atoms with Crippen LogP contribution in [0.3, 0.4) is 0 Å². The van der Waals surface area contributed by atoms with Gasteiger partial charge in [-0.1, -0.05) is 25.7 Å². The molecule has 0 bridgehead atoms. The van der Waals surface area contributed by atoms with Gasteiger partial charge in [0, 0.05) is 0 Å². The molecule has 114 valence electrons. The van der Waals surface area contributed by atoms with Crippen molar-refractivity contribution >= 4 is 0 Å². The molecule has 0 saturated heterocycles. The largest absolute Gasteiger partial charge is 2.00 e. The first-order valence-electron chi connectivity index (χ1n) is 3.21. The van der Waals surface area contributed by atoms with Crippen molar-refractivity contribution in [2.45, 2.75) is 25.7 Å². The molecule has 0 aliphatic heterocycles. The molecule has 0 atom stereocenters. The molecule has 0 amide bonds. The maximum Gasteiger partial charge on any atom is 2.00 e. The van der Waals surface area contributed by atoms with E-state index < -0.39 is 0 Å². The summed E-state index contributed by atoms with van der Waals surface area (Å²) in [6.45, 7) is 1.11. The minimum Gasteiger partial charge on any atom is -1.00 e. The zero-order chi connectivity index (χ0) is 6.24. The predicted octanol–water partition coefficient (Wildman–Crippen LogP) is -2.70. The summed E-state index contributed by atoms with van der Waals surface area (Å²) in [7, 11) is 0. The third-order valence-electron chi connectivity index (χ3n) is 1.10. The van der Waals surface area contributed by atoms with Crippen molar-refractivity contribution in [2.24, 2.45) is 0 Å².